The average Bonchev–Trinajstić information content (AvgIpc) is 3.34. The predicted octanol–water partition coefficient (Wildman–Crippen LogP) is 5.52. The van der Waals surface area contributed by atoms with E-state index in [1.807, 2.05) is 0 Å². The first kappa shape index (κ1) is 24.5. The maximum absolute atomic E-state index is 13.3. The highest BCUT2D eigenvalue weighted by molar-refractivity contribution is 6.31. The fourth-order valence-corrected chi connectivity index (χ4v) is 4.92. The highest BCUT2D eigenvalue weighted by Crippen LogP contribution is 2.41. The molecule has 0 bridgehead atoms. The van der Waals surface area contributed by atoms with Gasteiger partial charge in [0.05, 0.1) is 0 Å². The largest absolute Gasteiger partial charge is 0.434 e. The molecule has 2 aliphatic heterocycles. The summed E-state index contributed by atoms with van der Waals surface area (Å²) in [6.07, 6.45) is -15.7. The number of hydrogen-bond donors (Lipinski definition) is 1. The smallest absolute Gasteiger partial charge is 0.426 e. The molecule has 1 N–H and O–H groups in total. The lowest BCUT2D eigenvalue weighted by Crippen LogP contribution is -2.56. The van der Waals surface area contributed by atoms with Gasteiger partial charge in [-0.3, -0.25) is 4.79 Å². The van der Waals surface area contributed by atoms with Crippen LogP contribution in [0.15, 0.2) is 24.3 Å². The predicted molar refractivity (Wildman–Crippen MR) is 109 cm³/mol. The molecule has 2 aliphatic rings. The zero-order chi connectivity index (χ0) is 24.9. The van der Waals surface area contributed by atoms with Gasteiger partial charge in [-0.05, 0) is 49.9 Å². The second-order valence-corrected chi connectivity index (χ2v) is 8.97. The summed E-state index contributed by atoms with van der Waals surface area (Å²) in [5.74, 6) is -0.268. The number of halogens is 7. The van der Waals surface area contributed by atoms with E-state index in [1.165, 1.54) is 0 Å². The van der Waals surface area contributed by atoms with Crippen LogP contribution in [0.4, 0.5) is 31.1 Å². The second-order valence-electron chi connectivity index (χ2n) is 8.53. The molecular formula is C21H20ClF6N3O3. The summed E-state index contributed by atoms with van der Waals surface area (Å²) in [6.45, 7) is 0.185. The van der Waals surface area contributed by atoms with Gasteiger partial charge in [0, 0.05) is 41.1 Å². The fourth-order valence-electron chi connectivity index (χ4n) is 4.74. The zero-order valence-corrected chi connectivity index (χ0v) is 18.4. The molecular weight excluding hydrogens is 492 g/mol. The van der Waals surface area contributed by atoms with Gasteiger partial charge < -0.3 is 19.5 Å². The molecule has 6 nitrogen and oxygen atoms in total. The second kappa shape index (κ2) is 8.54. The monoisotopic (exact) mass is 511 g/mol. The zero-order valence-electron chi connectivity index (χ0n) is 17.6. The van der Waals surface area contributed by atoms with E-state index in [2.05, 4.69) is 9.72 Å². The Morgan fingerprint density at radius 3 is 2.26 bits per heavy atom. The first-order chi connectivity index (χ1) is 15.8. The Kier molecular flexibility index (Phi) is 6.16. The molecule has 2 aromatic rings. The molecule has 2 fully saturated rings. The maximum Gasteiger partial charge on any atom is 0.434 e. The number of likely N-dealkylation sites (tertiary alicyclic amines) is 2. The quantitative estimate of drug-likeness (QED) is 0.540. The van der Waals surface area contributed by atoms with E-state index in [-0.39, 0.29) is 31.8 Å². The number of aromatic nitrogens is 1. The Morgan fingerprint density at radius 2 is 1.65 bits per heavy atom. The van der Waals surface area contributed by atoms with Gasteiger partial charge in [-0.2, -0.15) is 26.3 Å². The minimum Gasteiger partial charge on any atom is -0.426 e. The summed E-state index contributed by atoms with van der Waals surface area (Å²) in [5, 5.41) is 1.27. The summed E-state index contributed by atoms with van der Waals surface area (Å²) in [7, 11) is 0. The summed E-state index contributed by atoms with van der Waals surface area (Å²) in [4.78, 5) is 30.9. The van der Waals surface area contributed by atoms with Crippen molar-refractivity contribution in [1.82, 2.24) is 14.8 Å². The molecule has 4 rings (SSSR count). The number of fused-ring (bicyclic) bond motifs is 1. The van der Waals surface area contributed by atoms with E-state index >= 15 is 0 Å². The minimum atomic E-state index is -5.77. The molecule has 2 amide bonds. The molecule has 2 saturated heterocycles. The van der Waals surface area contributed by atoms with Crippen LogP contribution in [0.1, 0.15) is 36.2 Å². The third-order valence-corrected chi connectivity index (χ3v) is 6.66. The average molecular weight is 512 g/mol. The molecule has 0 atom stereocenters. The number of alkyl halides is 6. The molecule has 13 heteroatoms. The van der Waals surface area contributed by atoms with Crippen molar-refractivity contribution in [3.8, 4) is 0 Å². The lowest BCUT2D eigenvalue weighted by Gasteiger charge is -2.44. The fraction of sp³-hybridized carbons (Fsp3) is 0.524. The van der Waals surface area contributed by atoms with Gasteiger partial charge in [0.25, 0.3) is 12.0 Å². The number of nitrogens with zero attached hydrogens (tertiary/aromatic N) is 2. The number of nitrogens with one attached hydrogen (secondary N) is 1. The summed E-state index contributed by atoms with van der Waals surface area (Å²) >= 11 is 6.00. The minimum absolute atomic E-state index is 0.132. The van der Waals surface area contributed by atoms with Crippen LogP contribution in [0.25, 0.3) is 10.9 Å². The Labute approximate surface area is 194 Å². The van der Waals surface area contributed by atoms with Crippen molar-refractivity contribution in [2.45, 2.75) is 49.7 Å². The number of rotatable bonds is 2. The summed E-state index contributed by atoms with van der Waals surface area (Å²) in [5.41, 5.74) is 0.428. The van der Waals surface area contributed by atoms with Crippen molar-refractivity contribution in [1.29, 1.82) is 0 Å². The van der Waals surface area contributed by atoms with Gasteiger partial charge in [-0.25, -0.2) is 4.79 Å². The van der Waals surface area contributed by atoms with E-state index in [1.54, 1.807) is 29.2 Å². The number of carbonyl (C=O) groups is 2. The van der Waals surface area contributed by atoms with Crippen LogP contribution < -0.4 is 0 Å². The van der Waals surface area contributed by atoms with Crippen LogP contribution in [0.5, 0.6) is 0 Å². The number of aromatic amines is 1. The van der Waals surface area contributed by atoms with Gasteiger partial charge in [0.15, 0.2) is 0 Å². The van der Waals surface area contributed by atoms with Crippen molar-refractivity contribution in [2.24, 2.45) is 0 Å². The van der Waals surface area contributed by atoms with Gasteiger partial charge in [0.2, 0.25) is 0 Å². The number of hydrogen-bond acceptors (Lipinski definition) is 3. The summed E-state index contributed by atoms with van der Waals surface area (Å²) in [6, 6.07) is 6.82. The Morgan fingerprint density at radius 1 is 1.00 bits per heavy atom. The number of piperidine rings is 1. The van der Waals surface area contributed by atoms with Crippen LogP contribution in [0, 0.1) is 0 Å². The molecule has 0 aliphatic carbocycles. The van der Waals surface area contributed by atoms with Crippen molar-refractivity contribution < 1.29 is 40.7 Å². The van der Waals surface area contributed by atoms with Crippen LogP contribution >= 0.6 is 11.6 Å². The van der Waals surface area contributed by atoms with Crippen LogP contribution in [0.3, 0.4) is 0 Å². The highest BCUT2D eigenvalue weighted by Gasteiger charge is 2.60. The van der Waals surface area contributed by atoms with Crippen LogP contribution in [0.2, 0.25) is 5.02 Å². The number of ether oxygens (including phenoxy) is 1. The van der Waals surface area contributed by atoms with E-state index in [0.29, 0.717) is 30.1 Å². The van der Waals surface area contributed by atoms with Crippen LogP contribution in [-0.4, -0.2) is 70.4 Å². The van der Waals surface area contributed by atoms with Crippen molar-refractivity contribution in [3.05, 3.63) is 35.0 Å². The number of benzene rings is 1. The normalized spacial score (nSPS) is 18.8. The van der Waals surface area contributed by atoms with Gasteiger partial charge in [-0.1, -0.05) is 11.6 Å². The van der Waals surface area contributed by atoms with E-state index < -0.39 is 30.1 Å². The molecule has 0 saturated carbocycles. The molecule has 3 heterocycles. The van der Waals surface area contributed by atoms with E-state index in [4.69, 9.17) is 11.6 Å². The van der Waals surface area contributed by atoms with E-state index in [0.717, 1.165) is 15.8 Å². The third-order valence-electron chi connectivity index (χ3n) is 6.42. The molecule has 0 unspecified atom stereocenters. The van der Waals surface area contributed by atoms with Crippen molar-refractivity contribution in [3.63, 3.8) is 0 Å². The van der Waals surface area contributed by atoms with Gasteiger partial charge >= 0.3 is 18.4 Å². The standard InChI is InChI=1S/C21H20ClF6N3O3/c22-13-2-3-14-12(10-13)11-15(29-14)16(32)31-7-1-4-19(31)5-8-30(9-6-19)18(33)34-17(20(23,24)25)21(26,27)28/h2-3,10-11,17,29H,1,4-9H2. The van der Waals surface area contributed by atoms with Gasteiger partial charge in [0.1, 0.15) is 5.69 Å². The molecule has 1 aromatic heterocycles. The SMILES string of the molecule is O=C(OC(C(F)(F)F)C(F)(F)F)N1CCC2(CCCN2C(=O)c2cc3cc(Cl)ccc3[nH]2)CC1. The molecule has 1 aromatic carbocycles. The van der Waals surface area contributed by atoms with Gasteiger partial charge in [-0.15, -0.1) is 0 Å². The Balaban J connectivity index is 1.45. The molecule has 34 heavy (non-hydrogen) atoms. The number of H-pyrrole nitrogens is 1. The summed E-state index contributed by atoms with van der Waals surface area (Å²) < 4.78 is 80.1. The molecule has 1 spiro atoms. The third kappa shape index (κ3) is 4.64. The lowest BCUT2D eigenvalue weighted by molar-refractivity contribution is -0.308. The van der Waals surface area contributed by atoms with E-state index in [9.17, 15) is 35.9 Å². The first-order valence-electron chi connectivity index (χ1n) is 10.5. The van der Waals surface area contributed by atoms with Crippen molar-refractivity contribution >= 4 is 34.5 Å². The van der Waals surface area contributed by atoms with Crippen molar-refractivity contribution in [2.75, 3.05) is 19.6 Å². The Bertz CT molecular complexity index is 1080. The first-order valence-corrected chi connectivity index (χ1v) is 10.9. The topological polar surface area (TPSA) is 65.6 Å². The molecule has 186 valence electrons. The Hall–Kier alpha value is -2.63. The molecule has 0 radical (unpaired) electrons. The number of amides is 2. The number of carbonyl (C=O) groups excluding carboxylic acids is 2. The lowest BCUT2D eigenvalue weighted by atomic mass is 9.85. The van der Waals surface area contributed by atoms with Crippen LogP contribution in [-0.2, 0) is 4.74 Å². The highest BCUT2D eigenvalue weighted by atomic mass is 35.5. The maximum atomic E-state index is 13.3.